The zero-order valence-electron chi connectivity index (χ0n) is 17.8. The molecule has 3 aromatic carbocycles. The SMILES string of the molecule is CC1C(OS(C)(=O)=O)OC(=O)N1c1ccc(C(=N)NC(=O)c2cccc3ccccc23)cc1. The predicted molar refractivity (Wildman–Crippen MR) is 123 cm³/mol. The first-order chi connectivity index (χ1) is 15.6. The summed E-state index contributed by atoms with van der Waals surface area (Å²) in [6, 6.07) is 18.5. The number of hydrogen-bond donors (Lipinski definition) is 2. The summed E-state index contributed by atoms with van der Waals surface area (Å²) in [6.07, 6.45) is -1.13. The number of benzene rings is 3. The number of carbonyl (C=O) groups is 2. The highest BCUT2D eigenvalue weighted by Crippen LogP contribution is 2.28. The molecule has 0 spiro atoms. The molecule has 1 fully saturated rings. The lowest BCUT2D eigenvalue weighted by atomic mass is 10.0. The van der Waals surface area contributed by atoms with Crippen molar-refractivity contribution >= 4 is 44.4 Å². The van der Waals surface area contributed by atoms with Crippen LogP contribution in [0.5, 0.6) is 0 Å². The maximum absolute atomic E-state index is 12.8. The Morgan fingerprint density at radius 1 is 1.06 bits per heavy atom. The van der Waals surface area contributed by atoms with Gasteiger partial charge in [0.1, 0.15) is 11.9 Å². The van der Waals surface area contributed by atoms with E-state index in [1.807, 2.05) is 30.3 Å². The Kier molecular flexibility index (Phi) is 5.88. The molecular weight excluding hydrogens is 446 g/mol. The molecule has 2 N–H and O–H groups in total. The maximum atomic E-state index is 12.8. The van der Waals surface area contributed by atoms with Crippen molar-refractivity contribution in [2.24, 2.45) is 0 Å². The summed E-state index contributed by atoms with van der Waals surface area (Å²) in [4.78, 5) is 26.3. The van der Waals surface area contributed by atoms with Crippen molar-refractivity contribution in [2.45, 2.75) is 19.3 Å². The number of rotatable bonds is 5. The van der Waals surface area contributed by atoms with Gasteiger partial charge in [-0.2, -0.15) is 8.42 Å². The Morgan fingerprint density at radius 2 is 1.73 bits per heavy atom. The van der Waals surface area contributed by atoms with Gasteiger partial charge < -0.3 is 10.1 Å². The zero-order valence-corrected chi connectivity index (χ0v) is 18.6. The fourth-order valence-corrected chi connectivity index (χ4v) is 4.17. The van der Waals surface area contributed by atoms with Crippen molar-refractivity contribution in [2.75, 3.05) is 11.2 Å². The molecule has 10 heteroatoms. The number of fused-ring (bicyclic) bond motifs is 1. The Hall–Kier alpha value is -3.76. The molecular formula is C23H21N3O6S. The van der Waals surface area contributed by atoms with Crippen LogP contribution in [-0.2, 0) is 19.0 Å². The van der Waals surface area contributed by atoms with Gasteiger partial charge in [-0.15, -0.1) is 0 Å². The van der Waals surface area contributed by atoms with Crippen molar-refractivity contribution < 1.29 is 26.9 Å². The summed E-state index contributed by atoms with van der Waals surface area (Å²) < 4.78 is 32.6. The number of ether oxygens (including phenoxy) is 1. The van der Waals surface area contributed by atoms with Crippen LogP contribution in [-0.4, -0.2) is 44.8 Å². The number of amidine groups is 1. The summed E-state index contributed by atoms with van der Waals surface area (Å²) in [5, 5.41) is 12.6. The molecule has 1 saturated heterocycles. The second-order valence-corrected chi connectivity index (χ2v) is 9.17. The first kappa shape index (κ1) is 22.4. The second-order valence-electron chi connectivity index (χ2n) is 7.57. The van der Waals surface area contributed by atoms with Crippen LogP contribution in [0.4, 0.5) is 10.5 Å². The lowest BCUT2D eigenvalue weighted by Crippen LogP contribution is -2.36. The molecule has 170 valence electrons. The molecule has 1 heterocycles. The number of amides is 2. The molecule has 4 rings (SSSR count). The van der Waals surface area contributed by atoms with E-state index in [2.05, 4.69) is 5.32 Å². The summed E-state index contributed by atoms with van der Waals surface area (Å²) in [5.74, 6) is -0.506. The Bertz CT molecular complexity index is 1350. The highest BCUT2D eigenvalue weighted by molar-refractivity contribution is 7.86. The van der Waals surface area contributed by atoms with Gasteiger partial charge in [-0.05, 0) is 48.0 Å². The van der Waals surface area contributed by atoms with E-state index in [9.17, 15) is 18.0 Å². The van der Waals surface area contributed by atoms with Gasteiger partial charge in [-0.3, -0.25) is 15.1 Å². The van der Waals surface area contributed by atoms with E-state index >= 15 is 0 Å². The van der Waals surface area contributed by atoms with Crippen LogP contribution in [0.2, 0.25) is 0 Å². The highest BCUT2D eigenvalue weighted by Gasteiger charge is 2.42. The summed E-state index contributed by atoms with van der Waals surface area (Å²) in [5.41, 5.74) is 1.32. The zero-order chi connectivity index (χ0) is 23.8. The smallest absolute Gasteiger partial charge is 0.416 e. The first-order valence-electron chi connectivity index (χ1n) is 10.0. The minimum atomic E-state index is -3.81. The van der Waals surface area contributed by atoms with Gasteiger partial charge in [0.05, 0.1) is 6.26 Å². The van der Waals surface area contributed by atoms with Crippen LogP contribution in [0.3, 0.4) is 0 Å². The molecule has 2 amide bonds. The third-order valence-corrected chi connectivity index (χ3v) is 5.73. The van der Waals surface area contributed by atoms with E-state index < -0.39 is 34.5 Å². The largest absolute Gasteiger partial charge is 0.417 e. The minimum Gasteiger partial charge on any atom is -0.416 e. The van der Waals surface area contributed by atoms with Crippen LogP contribution in [0.15, 0.2) is 66.7 Å². The molecule has 33 heavy (non-hydrogen) atoms. The molecule has 9 nitrogen and oxygen atoms in total. The van der Waals surface area contributed by atoms with Crippen LogP contribution < -0.4 is 10.2 Å². The molecule has 0 aliphatic carbocycles. The fourth-order valence-electron chi connectivity index (χ4n) is 3.62. The van der Waals surface area contributed by atoms with E-state index in [4.69, 9.17) is 14.3 Å². The minimum absolute atomic E-state index is 0.102. The van der Waals surface area contributed by atoms with E-state index in [1.54, 1.807) is 43.3 Å². The molecule has 2 atom stereocenters. The summed E-state index contributed by atoms with van der Waals surface area (Å²) in [7, 11) is -3.81. The van der Waals surface area contributed by atoms with E-state index in [1.165, 1.54) is 4.90 Å². The predicted octanol–water partition coefficient (Wildman–Crippen LogP) is 3.24. The van der Waals surface area contributed by atoms with E-state index in [0.29, 0.717) is 16.8 Å². The van der Waals surface area contributed by atoms with Gasteiger partial charge in [0.25, 0.3) is 16.0 Å². The maximum Gasteiger partial charge on any atom is 0.417 e. The number of cyclic esters (lactones) is 1. The fraction of sp³-hybridized carbons (Fsp3) is 0.174. The van der Waals surface area contributed by atoms with Crippen LogP contribution >= 0.6 is 0 Å². The number of hydrogen-bond acceptors (Lipinski definition) is 7. The molecule has 1 aliphatic rings. The number of nitrogens with one attached hydrogen (secondary N) is 2. The second kappa shape index (κ2) is 8.64. The van der Waals surface area contributed by atoms with Crippen molar-refractivity contribution in [1.82, 2.24) is 5.32 Å². The molecule has 1 aliphatic heterocycles. The Labute approximate surface area is 190 Å². The van der Waals surface area contributed by atoms with Gasteiger partial charge in [0, 0.05) is 16.8 Å². The molecule has 3 aromatic rings. The molecule has 2 unspecified atom stereocenters. The third kappa shape index (κ3) is 4.71. The van der Waals surface area contributed by atoms with Gasteiger partial charge in [0.2, 0.25) is 6.29 Å². The van der Waals surface area contributed by atoms with Crippen LogP contribution in [0.1, 0.15) is 22.8 Å². The average molecular weight is 468 g/mol. The van der Waals surface area contributed by atoms with Crippen LogP contribution in [0, 0.1) is 5.41 Å². The quantitative estimate of drug-likeness (QED) is 0.337. The van der Waals surface area contributed by atoms with Gasteiger partial charge in [-0.1, -0.05) is 36.4 Å². The summed E-state index contributed by atoms with van der Waals surface area (Å²) >= 11 is 0. The molecule has 0 bridgehead atoms. The lowest BCUT2D eigenvalue weighted by Gasteiger charge is -2.20. The Morgan fingerprint density at radius 3 is 2.42 bits per heavy atom. The monoisotopic (exact) mass is 467 g/mol. The van der Waals surface area contributed by atoms with Crippen molar-refractivity contribution in [3.8, 4) is 0 Å². The van der Waals surface area contributed by atoms with E-state index in [0.717, 1.165) is 17.0 Å². The third-order valence-electron chi connectivity index (χ3n) is 5.19. The normalized spacial score (nSPS) is 18.2. The van der Waals surface area contributed by atoms with Crippen molar-refractivity contribution in [1.29, 1.82) is 5.41 Å². The number of nitrogens with zero attached hydrogens (tertiary/aromatic N) is 1. The molecule has 0 aromatic heterocycles. The number of carbonyl (C=O) groups excluding carboxylic acids is 2. The summed E-state index contributed by atoms with van der Waals surface area (Å²) in [6.45, 7) is 1.60. The van der Waals surface area contributed by atoms with E-state index in [-0.39, 0.29) is 5.84 Å². The topological polar surface area (TPSA) is 126 Å². The van der Waals surface area contributed by atoms with Gasteiger partial charge in [-0.25, -0.2) is 8.98 Å². The highest BCUT2D eigenvalue weighted by atomic mass is 32.2. The van der Waals surface area contributed by atoms with Crippen molar-refractivity contribution in [3.63, 3.8) is 0 Å². The molecule has 0 radical (unpaired) electrons. The van der Waals surface area contributed by atoms with Gasteiger partial charge in [0.15, 0.2) is 0 Å². The number of anilines is 1. The average Bonchev–Trinajstić information content (AvgIpc) is 3.04. The first-order valence-corrected chi connectivity index (χ1v) is 11.8. The standard InChI is InChI=1S/C23H21N3O6S/c1-14-22(32-33(2,29)30)31-23(28)26(14)17-12-10-16(11-13-17)20(24)25-21(27)19-9-5-7-15-6-3-4-8-18(15)19/h3-14,22H,1-2H3,(H2,24,25,27). The Balaban J connectivity index is 1.48. The molecule has 0 saturated carbocycles. The lowest BCUT2D eigenvalue weighted by molar-refractivity contribution is -0.00472. The van der Waals surface area contributed by atoms with Gasteiger partial charge >= 0.3 is 6.09 Å². The van der Waals surface area contributed by atoms with Crippen LogP contribution in [0.25, 0.3) is 10.8 Å². The van der Waals surface area contributed by atoms with Crippen molar-refractivity contribution in [3.05, 3.63) is 77.9 Å².